The van der Waals surface area contributed by atoms with Crippen LogP contribution in [0.1, 0.15) is 22.3 Å². The molecule has 1 atom stereocenters. The third-order valence-corrected chi connectivity index (χ3v) is 5.64. The van der Waals surface area contributed by atoms with Crippen LogP contribution in [-0.4, -0.2) is 71.2 Å². The smallest absolute Gasteiger partial charge is 0.339 e. The summed E-state index contributed by atoms with van der Waals surface area (Å²) in [6, 6.07) is 14.6. The summed E-state index contributed by atoms with van der Waals surface area (Å²) in [6.07, 6.45) is 2.88. The molecule has 3 heterocycles. The maximum atomic E-state index is 11.4. The molecule has 142 valence electrons. The molecule has 0 spiro atoms. The van der Waals surface area contributed by atoms with Gasteiger partial charge in [0.2, 0.25) is 0 Å². The zero-order valence-corrected chi connectivity index (χ0v) is 15.5. The number of nitrogens with zero attached hydrogens (tertiary/aromatic N) is 4. The highest BCUT2D eigenvalue weighted by Crippen LogP contribution is 2.23. The van der Waals surface area contributed by atoms with Crippen LogP contribution in [0.15, 0.2) is 48.7 Å². The summed E-state index contributed by atoms with van der Waals surface area (Å²) in [5.74, 6) is -0.311. The van der Waals surface area contributed by atoms with E-state index in [2.05, 4.69) is 50.0 Å². The second kappa shape index (κ2) is 8.06. The van der Waals surface area contributed by atoms with E-state index < -0.39 is 5.97 Å². The first-order valence-corrected chi connectivity index (χ1v) is 9.64. The molecule has 2 aliphatic heterocycles. The normalized spacial score (nSPS) is 21.5. The molecule has 0 aliphatic carbocycles. The Balaban J connectivity index is 1.32. The molecular formula is C21H26N4O2. The average Bonchev–Trinajstić information content (AvgIpc) is 3.17. The van der Waals surface area contributed by atoms with Gasteiger partial charge in [0.05, 0.1) is 0 Å². The Labute approximate surface area is 160 Å². The number of carboxylic acid groups (broad SMARTS) is 1. The Morgan fingerprint density at radius 1 is 1.04 bits per heavy atom. The number of carbonyl (C=O) groups is 1. The van der Waals surface area contributed by atoms with Crippen LogP contribution < -0.4 is 4.90 Å². The van der Waals surface area contributed by atoms with Crippen molar-refractivity contribution in [2.75, 3.05) is 44.2 Å². The quantitative estimate of drug-likeness (QED) is 0.875. The topological polar surface area (TPSA) is 59.9 Å². The standard InChI is InChI=1S/C21H26N4O2/c26-21(27)19-7-4-9-22-20(19)25-13-11-24(12-14-25)18-8-10-23(16-18)15-17-5-2-1-3-6-17/h1-7,9,18H,8,10-16H2,(H,26,27). The third kappa shape index (κ3) is 4.12. The van der Waals surface area contributed by atoms with E-state index in [1.165, 1.54) is 12.0 Å². The van der Waals surface area contributed by atoms with Crippen molar-refractivity contribution in [3.8, 4) is 0 Å². The van der Waals surface area contributed by atoms with Crippen LogP contribution in [0.5, 0.6) is 0 Å². The minimum absolute atomic E-state index is 0.292. The van der Waals surface area contributed by atoms with Crippen molar-refractivity contribution >= 4 is 11.8 Å². The van der Waals surface area contributed by atoms with Gasteiger partial charge in [-0.3, -0.25) is 9.80 Å². The number of anilines is 1. The van der Waals surface area contributed by atoms with Crippen LogP contribution in [-0.2, 0) is 6.54 Å². The molecule has 6 heteroatoms. The summed E-state index contributed by atoms with van der Waals surface area (Å²) in [5, 5.41) is 9.39. The van der Waals surface area contributed by atoms with Crippen LogP contribution in [0, 0.1) is 0 Å². The molecule has 1 aromatic carbocycles. The molecule has 1 unspecified atom stereocenters. The zero-order chi connectivity index (χ0) is 18.6. The number of rotatable bonds is 5. The minimum atomic E-state index is -0.909. The fraction of sp³-hybridized carbons (Fsp3) is 0.429. The minimum Gasteiger partial charge on any atom is -0.478 e. The highest BCUT2D eigenvalue weighted by atomic mass is 16.4. The predicted octanol–water partition coefficient (Wildman–Crippen LogP) is 2.18. The maximum absolute atomic E-state index is 11.4. The van der Waals surface area contributed by atoms with Crippen LogP contribution in [0.4, 0.5) is 5.82 Å². The van der Waals surface area contributed by atoms with Gasteiger partial charge >= 0.3 is 5.97 Å². The summed E-state index contributed by atoms with van der Waals surface area (Å²) >= 11 is 0. The van der Waals surface area contributed by atoms with Gasteiger partial charge in [0.15, 0.2) is 0 Å². The first-order chi connectivity index (χ1) is 13.2. The van der Waals surface area contributed by atoms with Crippen molar-refractivity contribution in [3.63, 3.8) is 0 Å². The fourth-order valence-corrected chi connectivity index (χ4v) is 4.21. The second-order valence-corrected chi connectivity index (χ2v) is 7.37. The molecule has 6 nitrogen and oxygen atoms in total. The van der Waals surface area contributed by atoms with Crippen LogP contribution in [0.2, 0.25) is 0 Å². The van der Waals surface area contributed by atoms with E-state index in [9.17, 15) is 9.90 Å². The molecule has 2 aromatic rings. The van der Waals surface area contributed by atoms with Gasteiger partial charge in [0.25, 0.3) is 0 Å². The number of aromatic carboxylic acids is 1. The van der Waals surface area contributed by atoms with Crippen molar-refractivity contribution in [2.45, 2.75) is 19.0 Å². The van der Waals surface area contributed by atoms with Crippen LogP contribution in [0.25, 0.3) is 0 Å². The van der Waals surface area contributed by atoms with Crippen molar-refractivity contribution in [2.24, 2.45) is 0 Å². The van der Waals surface area contributed by atoms with E-state index in [-0.39, 0.29) is 0 Å². The van der Waals surface area contributed by atoms with Crippen molar-refractivity contribution in [1.29, 1.82) is 0 Å². The summed E-state index contributed by atoms with van der Waals surface area (Å²) in [5.41, 5.74) is 1.67. The molecule has 27 heavy (non-hydrogen) atoms. The van der Waals surface area contributed by atoms with Crippen LogP contribution in [0.3, 0.4) is 0 Å². The molecule has 2 aliphatic rings. The summed E-state index contributed by atoms with van der Waals surface area (Å²) < 4.78 is 0. The molecule has 0 radical (unpaired) electrons. The molecule has 2 saturated heterocycles. The van der Waals surface area contributed by atoms with Gasteiger partial charge in [-0.25, -0.2) is 9.78 Å². The second-order valence-electron chi connectivity index (χ2n) is 7.37. The Hall–Kier alpha value is -2.44. The van der Waals surface area contributed by atoms with Gasteiger partial charge in [-0.2, -0.15) is 0 Å². The SMILES string of the molecule is O=C(O)c1cccnc1N1CCN(C2CCN(Cc3ccccc3)C2)CC1. The van der Waals surface area contributed by atoms with Gasteiger partial charge in [0.1, 0.15) is 11.4 Å². The van der Waals surface area contributed by atoms with Gasteiger partial charge in [-0.1, -0.05) is 30.3 Å². The van der Waals surface area contributed by atoms with Crippen molar-refractivity contribution in [3.05, 3.63) is 59.8 Å². The molecule has 0 amide bonds. The number of aromatic nitrogens is 1. The number of piperazine rings is 1. The molecule has 0 bridgehead atoms. The number of hydrogen-bond acceptors (Lipinski definition) is 5. The molecule has 2 fully saturated rings. The predicted molar refractivity (Wildman–Crippen MR) is 105 cm³/mol. The lowest BCUT2D eigenvalue weighted by Gasteiger charge is -2.38. The third-order valence-electron chi connectivity index (χ3n) is 5.64. The number of benzene rings is 1. The van der Waals surface area contributed by atoms with Crippen molar-refractivity contribution in [1.82, 2.24) is 14.8 Å². The van der Waals surface area contributed by atoms with Gasteiger partial charge in [-0.15, -0.1) is 0 Å². The van der Waals surface area contributed by atoms with Gasteiger partial charge < -0.3 is 10.0 Å². The number of hydrogen-bond donors (Lipinski definition) is 1. The molecular weight excluding hydrogens is 340 g/mol. The van der Waals surface area contributed by atoms with E-state index in [1.807, 2.05) is 0 Å². The first kappa shape index (κ1) is 17.9. The van der Waals surface area contributed by atoms with E-state index in [0.717, 1.165) is 45.8 Å². The van der Waals surface area contributed by atoms with Crippen LogP contribution >= 0.6 is 0 Å². The lowest BCUT2D eigenvalue weighted by Crippen LogP contribution is -2.51. The average molecular weight is 366 g/mol. The Morgan fingerprint density at radius 3 is 2.56 bits per heavy atom. The number of likely N-dealkylation sites (tertiary alicyclic amines) is 1. The molecule has 1 aromatic heterocycles. The number of carboxylic acids is 1. The Bertz CT molecular complexity index is 775. The largest absolute Gasteiger partial charge is 0.478 e. The van der Waals surface area contributed by atoms with Gasteiger partial charge in [-0.05, 0) is 24.1 Å². The monoisotopic (exact) mass is 366 g/mol. The highest BCUT2D eigenvalue weighted by Gasteiger charge is 2.31. The van der Waals surface area contributed by atoms with E-state index in [0.29, 0.717) is 17.4 Å². The van der Waals surface area contributed by atoms with Crippen molar-refractivity contribution < 1.29 is 9.90 Å². The highest BCUT2D eigenvalue weighted by molar-refractivity contribution is 5.93. The first-order valence-electron chi connectivity index (χ1n) is 9.64. The summed E-state index contributed by atoms with van der Waals surface area (Å²) in [6.45, 7) is 6.84. The lowest BCUT2D eigenvalue weighted by atomic mass is 10.1. The van der Waals surface area contributed by atoms with E-state index in [1.54, 1.807) is 18.3 Å². The molecule has 4 rings (SSSR count). The summed E-state index contributed by atoms with van der Waals surface area (Å²) in [4.78, 5) is 23.0. The molecule has 0 saturated carbocycles. The maximum Gasteiger partial charge on any atom is 0.339 e. The fourth-order valence-electron chi connectivity index (χ4n) is 4.21. The molecule has 1 N–H and O–H groups in total. The zero-order valence-electron chi connectivity index (χ0n) is 15.5. The van der Waals surface area contributed by atoms with Gasteiger partial charge in [0, 0.05) is 58.1 Å². The summed E-state index contributed by atoms with van der Waals surface area (Å²) in [7, 11) is 0. The number of pyridine rings is 1. The van der Waals surface area contributed by atoms with E-state index in [4.69, 9.17) is 0 Å². The lowest BCUT2D eigenvalue weighted by molar-refractivity contribution is 0.0696. The Kier molecular flexibility index (Phi) is 5.36. The van der Waals surface area contributed by atoms with E-state index >= 15 is 0 Å². The Morgan fingerprint density at radius 2 is 1.81 bits per heavy atom.